The molecule has 0 aliphatic carbocycles. The number of hydrogen-bond acceptors (Lipinski definition) is 4. The van der Waals surface area contributed by atoms with Gasteiger partial charge in [0.2, 0.25) is 0 Å². The summed E-state index contributed by atoms with van der Waals surface area (Å²) in [5.41, 5.74) is 0.617. The molecule has 0 aliphatic rings. The van der Waals surface area contributed by atoms with Crippen LogP contribution in [0.4, 0.5) is 5.69 Å². The third-order valence-corrected chi connectivity index (χ3v) is 3.10. The van der Waals surface area contributed by atoms with Gasteiger partial charge in [-0.05, 0) is 18.9 Å². The Balaban J connectivity index is 3.11. The minimum Gasteiger partial charge on any atom is -0.337 e. The van der Waals surface area contributed by atoms with E-state index in [9.17, 15) is 14.9 Å². The van der Waals surface area contributed by atoms with Gasteiger partial charge >= 0.3 is 0 Å². The number of nitrogens with zero attached hydrogens (tertiary/aromatic N) is 3. The van der Waals surface area contributed by atoms with Crippen LogP contribution in [0.25, 0.3) is 0 Å². The molecule has 0 aromatic heterocycles. The summed E-state index contributed by atoms with van der Waals surface area (Å²) >= 11 is 0. The van der Waals surface area contributed by atoms with E-state index in [2.05, 4.69) is 0 Å². The van der Waals surface area contributed by atoms with Gasteiger partial charge in [0.1, 0.15) is 0 Å². The van der Waals surface area contributed by atoms with Gasteiger partial charge in [-0.15, -0.1) is 0 Å². The molecule has 0 heterocycles. The molecule has 21 heavy (non-hydrogen) atoms. The largest absolute Gasteiger partial charge is 0.337 e. The maximum atomic E-state index is 12.6. The molecular weight excluding hydrogens is 270 g/mol. The van der Waals surface area contributed by atoms with Gasteiger partial charge in [0.25, 0.3) is 11.6 Å². The fraction of sp³-hybridized carbons (Fsp3) is 0.467. The van der Waals surface area contributed by atoms with E-state index in [1.54, 1.807) is 17.9 Å². The minimum absolute atomic E-state index is 0.0642. The molecule has 6 heteroatoms. The molecule has 6 nitrogen and oxygen atoms in total. The summed E-state index contributed by atoms with van der Waals surface area (Å²) in [6, 6.07) is 6.50. The summed E-state index contributed by atoms with van der Waals surface area (Å²) in [4.78, 5) is 24.6. The van der Waals surface area contributed by atoms with Crippen molar-refractivity contribution in [3.05, 3.63) is 39.4 Å². The Labute approximate surface area is 124 Å². The molecule has 1 aromatic carbocycles. The summed E-state index contributed by atoms with van der Waals surface area (Å²) < 4.78 is 0. The summed E-state index contributed by atoms with van der Waals surface area (Å²) in [6.45, 7) is 6.38. The van der Waals surface area contributed by atoms with Crippen LogP contribution >= 0.6 is 0 Å². The summed E-state index contributed by atoms with van der Waals surface area (Å²) in [5, 5.41) is 19.6. The second-order valence-corrected chi connectivity index (χ2v) is 5.26. The number of carbonyl (C=O) groups excluding carboxylic acids is 1. The van der Waals surface area contributed by atoms with Crippen molar-refractivity contribution in [2.75, 3.05) is 13.1 Å². The summed E-state index contributed by atoms with van der Waals surface area (Å²) in [6.07, 6.45) is 0.242. The molecule has 0 saturated carbocycles. The Morgan fingerprint density at radius 2 is 2.14 bits per heavy atom. The first-order chi connectivity index (χ1) is 9.88. The smallest absolute Gasteiger partial charge is 0.273 e. The fourth-order valence-electron chi connectivity index (χ4n) is 2.12. The predicted molar refractivity (Wildman–Crippen MR) is 78.8 cm³/mol. The zero-order valence-electron chi connectivity index (χ0n) is 12.5. The third kappa shape index (κ3) is 4.28. The summed E-state index contributed by atoms with van der Waals surface area (Å²) in [7, 11) is 0. The van der Waals surface area contributed by atoms with Gasteiger partial charge in [-0.25, -0.2) is 0 Å². The lowest BCUT2D eigenvalue weighted by molar-refractivity contribution is -0.385. The maximum Gasteiger partial charge on any atom is 0.273 e. The van der Waals surface area contributed by atoms with Crippen LogP contribution in [0.15, 0.2) is 18.2 Å². The fourth-order valence-corrected chi connectivity index (χ4v) is 2.12. The lowest BCUT2D eigenvalue weighted by Gasteiger charge is -2.24. The van der Waals surface area contributed by atoms with Crippen molar-refractivity contribution >= 4 is 11.6 Å². The maximum absolute atomic E-state index is 12.6. The Morgan fingerprint density at radius 3 is 2.67 bits per heavy atom. The Kier molecular flexibility index (Phi) is 5.85. The van der Waals surface area contributed by atoms with Crippen molar-refractivity contribution < 1.29 is 9.72 Å². The van der Waals surface area contributed by atoms with Crippen LogP contribution in [-0.4, -0.2) is 28.8 Å². The third-order valence-electron chi connectivity index (χ3n) is 3.10. The van der Waals surface area contributed by atoms with Crippen LogP contribution in [-0.2, 0) is 0 Å². The molecule has 0 saturated heterocycles. The highest BCUT2D eigenvalue weighted by atomic mass is 16.6. The van der Waals surface area contributed by atoms with E-state index in [0.717, 1.165) is 0 Å². The first-order valence-electron chi connectivity index (χ1n) is 6.78. The van der Waals surface area contributed by atoms with Crippen LogP contribution in [0, 0.1) is 34.3 Å². The number of amides is 1. The quantitative estimate of drug-likeness (QED) is 0.595. The second-order valence-electron chi connectivity index (χ2n) is 5.26. The van der Waals surface area contributed by atoms with Gasteiger partial charge < -0.3 is 4.90 Å². The molecule has 1 aromatic rings. The van der Waals surface area contributed by atoms with E-state index < -0.39 is 4.92 Å². The Bertz CT molecular complexity index is 576. The highest BCUT2D eigenvalue weighted by molar-refractivity contribution is 5.96. The zero-order chi connectivity index (χ0) is 16.0. The van der Waals surface area contributed by atoms with Crippen molar-refractivity contribution in [2.45, 2.75) is 27.2 Å². The number of nitriles is 1. The average Bonchev–Trinajstić information content (AvgIpc) is 2.42. The topological polar surface area (TPSA) is 87.2 Å². The molecule has 1 amide bonds. The van der Waals surface area contributed by atoms with E-state index in [1.165, 1.54) is 12.1 Å². The second kappa shape index (κ2) is 7.39. The molecule has 1 rings (SSSR count). The first-order valence-corrected chi connectivity index (χ1v) is 6.78. The van der Waals surface area contributed by atoms with E-state index >= 15 is 0 Å². The van der Waals surface area contributed by atoms with Crippen LogP contribution in [0.1, 0.15) is 36.2 Å². The van der Waals surface area contributed by atoms with E-state index in [4.69, 9.17) is 5.26 Å². The van der Waals surface area contributed by atoms with Gasteiger partial charge in [-0.2, -0.15) is 5.26 Å². The highest BCUT2D eigenvalue weighted by Gasteiger charge is 2.22. The lowest BCUT2D eigenvalue weighted by atomic mass is 10.0. The molecule has 0 N–H and O–H groups in total. The highest BCUT2D eigenvalue weighted by Crippen LogP contribution is 2.22. The molecule has 0 bridgehead atoms. The monoisotopic (exact) mass is 289 g/mol. The molecule has 0 fully saturated rings. The summed E-state index contributed by atoms with van der Waals surface area (Å²) in [5.74, 6) is -0.00760. The van der Waals surface area contributed by atoms with Crippen molar-refractivity contribution in [3.8, 4) is 6.07 Å². The molecule has 112 valence electrons. The van der Waals surface area contributed by atoms with Crippen LogP contribution < -0.4 is 0 Å². The van der Waals surface area contributed by atoms with Crippen molar-refractivity contribution in [1.29, 1.82) is 5.26 Å². The lowest BCUT2D eigenvalue weighted by Crippen LogP contribution is -2.35. The SMILES string of the molecule is Cc1c(C(=O)N(CCC#N)CC(C)C)cccc1[N+](=O)[O-]. The van der Waals surface area contributed by atoms with Crippen molar-refractivity contribution in [2.24, 2.45) is 5.92 Å². The van der Waals surface area contributed by atoms with Gasteiger partial charge in [0.15, 0.2) is 0 Å². The number of carbonyl (C=O) groups is 1. The molecule has 0 unspecified atom stereocenters. The van der Waals surface area contributed by atoms with Crippen molar-refractivity contribution in [3.63, 3.8) is 0 Å². The van der Waals surface area contributed by atoms with Gasteiger partial charge in [0.05, 0.1) is 17.4 Å². The number of rotatable bonds is 6. The first kappa shape index (κ1) is 16.6. The Morgan fingerprint density at radius 1 is 1.48 bits per heavy atom. The zero-order valence-corrected chi connectivity index (χ0v) is 12.5. The van der Waals surface area contributed by atoms with Gasteiger partial charge in [-0.3, -0.25) is 14.9 Å². The Hall–Kier alpha value is -2.42. The molecular formula is C15H19N3O3. The molecule has 0 atom stereocenters. The van der Waals surface area contributed by atoms with Gasteiger partial charge in [-0.1, -0.05) is 19.9 Å². The minimum atomic E-state index is -0.492. The van der Waals surface area contributed by atoms with Gasteiger partial charge in [0, 0.05) is 30.3 Å². The normalized spacial score (nSPS) is 10.2. The van der Waals surface area contributed by atoms with Crippen LogP contribution in [0.3, 0.4) is 0 Å². The standard InChI is InChI=1S/C15H19N3O3/c1-11(2)10-17(9-5-8-16)15(19)13-6-4-7-14(12(13)3)18(20)21/h4,6-7,11H,5,9-10H2,1-3H3. The number of nitro groups is 1. The van der Waals surface area contributed by atoms with Crippen molar-refractivity contribution in [1.82, 2.24) is 4.90 Å². The molecule has 0 radical (unpaired) electrons. The van der Waals surface area contributed by atoms with Crippen LogP contribution in [0.5, 0.6) is 0 Å². The van der Waals surface area contributed by atoms with E-state index in [0.29, 0.717) is 24.2 Å². The molecule has 0 spiro atoms. The molecule has 0 aliphatic heterocycles. The number of hydrogen-bond donors (Lipinski definition) is 0. The predicted octanol–water partition coefficient (Wildman–Crippen LogP) is 2.92. The number of nitro benzene ring substituents is 1. The van der Waals surface area contributed by atoms with E-state index in [-0.39, 0.29) is 23.9 Å². The van der Waals surface area contributed by atoms with E-state index in [1.807, 2.05) is 19.9 Å². The average molecular weight is 289 g/mol. The number of benzene rings is 1. The van der Waals surface area contributed by atoms with Crippen LogP contribution in [0.2, 0.25) is 0 Å².